The number of nitrogens with two attached hydrogens (primary N) is 2. The zero-order valence-electron chi connectivity index (χ0n) is 9.73. The van der Waals surface area contributed by atoms with E-state index >= 15 is 0 Å². The molecule has 4 N–H and O–H groups in total. The maximum absolute atomic E-state index is 13.1. The fraction of sp³-hybridized carbons (Fsp3) is 0.182. The summed E-state index contributed by atoms with van der Waals surface area (Å²) < 4.78 is 13.5. The standard InChI is InChI=1S/C11H11BrFN3O3/c12-8-2-1-6(13)3-7(8)11(19)16(4-9(14)17)5-10(15)18/h1-3H,4-5H2,(H2,14,17)(H2,15,18). The summed E-state index contributed by atoms with van der Waals surface area (Å²) in [5, 5.41) is 0. The SMILES string of the molecule is NC(=O)CN(CC(N)=O)C(=O)c1cc(F)ccc1Br. The Hall–Kier alpha value is -1.96. The summed E-state index contributed by atoms with van der Waals surface area (Å²) in [7, 11) is 0. The lowest BCUT2D eigenvalue weighted by Crippen LogP contribution is -2.43. The van der Waals surface area contributed by atoms with Gasteiger partial charge in [-0.2, -0.15) is 0 Å². The van der Waals surface area contributed by atoms with Crippen LogP contribution in [0.15, 0.2) is 22.7 Å². The molecule has 1 rings (SSSR count). The summed E-state index contributed by atoms with van der Waals surface area (Å²) in [6.07, 6.45) is 0. The second kappa shape index (κ2) is 6.28. The number of halogens is 2. The third-order valence-electron chi connectivity index (χ3n) is 2.14. The van der Waals surface area contributed by atoms with Gasteiger partial charge in [0.2, 0.25) is 11.8 Å². The lowest BCUT2D eigenvalue weighted by Gasteiger charge is -2.20. The molecule has 1 aromatic rings. The molecule has 0 aromatic heterocycles. The van der Waals surface area contributed by atoms with E-state index in [9.17, 15) is 18.8 Å². The van der Waals surface area contributed by atoms with Gasteiger partial charge in [0.25, 0.3) is 5.91 Å². The van der Waals surface area contributed by atoms with Crippen molar-refractivity contribution in [3.05, 3.63) is 34.1 Å². The molecule has 0 saturated heterocycles. The quantitative estimate of drug-likeness (QED) is 0.792. The average molecular weight is 332 g/mol. The van der Waals surface area contributed by atoms with Gasteiger partial charge in [0.1, 0.15) is 18.9 Å². The van der Waals surface area contributed by atoms with Crippen LogP contribution in [0.2, 0.25) is 0 Å². The van der Waals surface area contributed by atoms with Gasteiger partial charge in [-0.05, 0) is 34.1 Å². The van der Waals surface area contributed by atoms with Gasteiger partial charge in [-0.15, -0.1) is 0 Å². The molecule has 1 aromatic carbocycles. The highest BCUT2D eigenvalue weighted by Gasteiger charge is 2.21. The Kier molecular flexibility index (Phi) is 4.99. The van der Waals surface area contributed by atoms with E-state index in [0.29, 0.717) is 4.47 Å². The molecule has 8 heteroatoms. The van der Waals surface area contributed by atoms with Gasteiger partial charge in [0, 0.05) is 4.47 Å². The molecule has 0 saturated carbocycles. The molecule has 0 aliphatic rings. The Bertz CT molecular complexity index is 520. The zero-order chi connectivity index (χ0) is 14.6. The van der Waals surface area contributed by atoms with Crippen LogP contribution in [0.1, 0.15) is 10.4 Å². The van der Waals surface area contributed by atoms with Gasteiger partial charge in [0.15, 0.2) is 0 Å². The molecule has 0 fully saturated rings. The van der Waals surface area contributed by atoms with E-state index in [4.69, 9.17) is 11.5 Å². The van der Waals surface area contributed by atoms with Crippen molar-refractivity contribution < 1.29 is 18.8 Å². The molecule has 6 nitrogen and oxygen atoms in total. The number of hydrogen-bond donors (Lipinski definition) is 2. The summed E-state index contributed by atoms with van der Waals surface area (Å²) in [5.74, 6) is -2.95. The first-order valence-electron chi connectivity index (χ1n) is 5.12. The summed E-state index contributed by atoms with van der Waals surface area (Å²) in [6.45, 7) is -0.963. The Labute approximate surface area is 116 Å². The molecule has 0 atom stereocenters. The number of hydrogen-bond acceptors (Lipinski definition) is 3. The fourth-order valence-electron chi connectivity index (χ4n) is 1.41. The summed E-state index contributed by atoms with van der Waals surface area (Å²) >= 11 is 3.09. The molecule has 0 aliphatic heterocycles. The van der Waals surface area contributed by atoms with Gasteiger partial charge in [0.05, 0.1) is 5.56 Å². The minimum absolute atomic E-state index is 0.0255. The van der Waals surface area contributed by atoms with Crippen molar-refractivity contribution in [3.8, 4) is 0 Å². The van der Waals surface area contributed by atoms with Crippen molar-refractivity contribution in [1.82, 2.24) is 4.90 Å². The molecule has 19 heavy (non-hydrogen) atoms. The predicted octanol–water partition coefficient (Wildman–Crippen LogP) is 0.001000. The average Bonchev–Trinajstić information content (AvgIpc) is 2.29. The first kappa shape index (κ1) is 15.1. The van der Waals surface area contributed by atoms with E-state index < -0.39 is 36.6 Å². The minimum atomic E-state index is -0.804. The topological polar surface area (TPSA) is 106 Å². The van der Waals surface area contributed by atoms with Crippen LogP contribution in [-0.4, -0.2) is 35.7 Å². The first-order chi connectivity index (χ1) is 8.81. The molecular weight excluding hydrogens is 321 g/mol. The second-order valence-corrected chi connectivity index (χ2v) is 4.57. The molecule has 102 valence electrons. The predicted molar refractivity (Wildman–Crippen MR) is 68.4 cm³/mol. The number of carbonyl (C=O) groups is 3. The monoisotopic (exact) mass is 331 g/mol. The maximum Gasteiger partial charge on any atom is 0.256 e. The summed E-state index contributed by atoms with van der Waals surface area (Å²) in [4.78, 5) is 34.7. The molecule has 0 radical (unpaired) electrons. The minimum Gasteiger partial charge on any atom is -0.368 e. The number of nitrogens with zero attached hydrogens (tertiary/aromatic N) is 1. The Morgan fingerprint density at radius 3 is 2.16 bits per heavy atom. The van der Waals surface area contributed by atoms with Crippen LogP contribution in [0, 0.1) is 5.82 Å². The van der Waals surface area contributed by atoms with Crippen LogP contribution in [0.5, 0.6) is 0 Å². The molecular formula is C11H11BrFN3O3. The number of benzene rings is 1. The van der Waals surface area contributed by atoms with Crippen LogP contribution >= 0.6 is 15.9 Å². The van der Waals surface area contributed by atoms with E-state index in [1.807, 2.05) is 0 Å². The highest BCUT2D eigenvalue weighted by atomic mass is 79.9. The molecule has 0 heterocycles. The smallest absolute Gasteiger partial charge is 0.256 e. The van der Waals surface area contributed by atoms with E-state index in [0.717, 1.165) is 17.0 Å². The van der Waals surface area contributed by atoms with Gasteiger partial charge < -0.3 is 16.4 Å². The van der Waals surface area contributed by atoms with E-state index in [1.165, 1.54) is 6.07 Å². The van der Waals surface area contributed by atoms with Crippen molar-refractivity contribution in [3.63, 3.8) is 0 Å². The van der Waals surface area contributed by atoms with E-state index in [1.54, 1.807) is 0 Å². The molecule has 0 bridgehead atoms. The van der Waals surface area contributed by atoms with Crippen molar-refractivity contribution in [1.29, 1.82) is 0 Å². The van der Waals surface area contributed by atoms with Gasteiger partial charge in [-0.1, -0.05) is 0 Å². The normalized spacial score (nSPS) is 10.0. The van der Waals surface area contributed by atoms with Crippen molar-refractivity contribution in [2.75, 3.05) is 13.1 Å². The van der Waals surface area contributed by atoms with Crippen molar-refractivity contribution in [2.24, 2.45) is 11.5 Å². The van der Waals surface area contributed by atoms with Crippen LogP contribution in [-0.2, 0) is 9.59 Å². The zero-order valence-corrected chi connectivity index (χ0v) is 11.3. The lowest BCUT2D eigenvalue weighted by molar-refractivity contribution is -0.121. The number of primary amides is 2. The highest BCUT2D eigenvalue weighted by molar-refractivity contribution is 9.10. The second-order valence-electron chi connectivity index (χ2n) is 3.72. The van der Waals surface area contributed by atoms with Gasteiger partial charge in [-0.3, -0.25) is 14.4 Å². The summed E-state index contributed by atoms with van der Waals surface area (Å²) in [6, 6.07) is 3.49. The molecule has 0 aliphatic carbocycles. The van der Waals surface area contributed by atoms with Crippen LogP contribution in [0.25, 0.3) is 0 Å². The van der Waals surface area contributed by atoms with Crippen LogP contribution in [0.4, 0.5) is 4.39 Å². The van der Waals surface area contributed by atoms with Crippen molar-refractivity contribution >= 4 is 33.7 Å². The first-order valence-corrected chi connectivity index (χ1v) is 5.91. The van der Waals surface area contributed by atoms with Crippen LogP contribution < -0.4 is 11.5 Å². The Balaban J connectivity index is 3.07. The van der Waals surface area contributed by atoms with Crippen molar-refractivity contribution in [2.45, 2.75) is 0 Å². The number of amides is 3. The van der Waals surface area contributed by atoms with Gasteiger partial charge >= 0.3 is 0 Å². The fourth-order valence-corrected chi connectivity index (χ4v) is 1.82. The third kappa shape index (κ3) is 4.32. The van der Waals surface area contributed by atoms with Gasteiger partial charge in [-0.25, -0.2) is 4.39 Å². The molecule has 3 amide bonds. The third-order valence-corrected chi connectivity index (χ3v) is 2.83. The largest absolute Gasteiger partial charge is 0.368 e. The summed E-state index contributed by atoms with van der Waals surface area (Å²) in [5.41, 5.74) is 9.94. The van der Waals surface area contributed by atoms with Crippen LogP contribution in [0.3, 0.4) is 0 Å². The molecule has 0 spiro atoms. The highest BCUT2D eigenvalue weighted by Crippen LogP contribution is 2.19. The number of rotatable bonds is 5. The number of carbonyl (C=O) groups excluding carboxylic acids is 3. The Morgan fingerprint density at radius 1 is 1.16 bits per heavy atom. The molecule has 0 unspecified atom stereocenters. The Morgan fingerprint density at radius 2 is 1.68 bits per heavy atom. The maximum atomic E-state index is 13.1. The van der Waals surface area contributed by atoms with E-state index in [-0.39, 0.29) is 5.56 Å². The van der Waals surface area contributed by atoms with E-state index in [2.05, 4.69) is 15.9 Å². The lowest BCUT2D eigenvalue weighted by atomic mass is 10.2.